The lowest BCUT2D eigenvalue weighted by Crippen LogP contribution is -2.43. The molecule has 0 bridgehead atoms. The van der Waals surface area contributed by atoms with Crippen LogP contribution in [0.25, 0.3) is 0 Å². The van der Waals surface area contributed by atoms with Crippen molar-refractivity contribution in [3.63, 3.8) is 0 Å². The Balaban J connectivity index is 2.14. The van der Waals surface area contributed by atoms with Gasteiger partial charge in [-0.3, -0.25) is 4.79 Å². The smallest absolute Gasteiger partial charge is 0.330 e. The van der Waals surface area contributed by atoms with Crippen LogP contribution in [0.3, 0.4) is 0 Å². The first-order valence-corrected chi connectivity index (χ1v) is 8.28. The normalized spacial score (nSPS) is 18.4. The number of thioether (sulfide) groups is 1. The molecule has 1 atom stereocenters. The Labute approximate surface area is 131 Å². The van der Waals surface area contributed by atoms with Crippen molar-refractivity contribution >= 4 is 39.6 Å². The molecule has 1 aromatic rings. The van der Waals surface area contributed by atoms with Crippen LogP contribution >= 0.6 is 27.7 Å². The summed E-state index contributed by atoms with van der Waals surface area (Å²) in [5.41, 5.74) is 0.573. The molecule has 0 spiro atoms. The molecule has 0 aliphatic carbocycles. The predicted octanol–water partition coefficient (Wildman–Crippen LogP) is 2.92. The second-order valence-corrected chi connectivity index (χ2v) is 6.70. The van der Waals surface area contributed by atoms with E-state index in [2.05, 4.69) is 15.9 Å². The first-order valence-electron chi connectivity index (χ1n) is 6.34. The van der Waals surface area contributed by atoms with Crippen molar-refractivity contribution in [1.82, 2.24) is 4.90 Å². The molecular formula is C14H16BrNO3S. The number of rotatable bonds is 3. The minimum Gasteiger partial charge on any atom is -0.461 e. The molecule has 1 aliphatic rings. The molecule has 0 saturated carbocycles. The number of ether oxygens (including phenoxy) is 1. The Bertz CT molecular complexity index is 521. The fraction of sp³-hybridized carbons (Fsp3) is 0.429. The molecule has 108 valence electrons. The minimum atomic E-state index is -0.492. The van der Waals surface area contributed by atoms with Gasteiger partial charge in [-0.15, -0.1) is 11.8 Å². The Morgan fingerprint density at radius 2 is 2.20 bits per heavy atom. The maximum Gasteiger partial charge on any atom is 0.330 e. The van der Waals surface area contributed by atoms with E-state index in [4.69, 9.17) is 4.74 Å². The predicted molar refractivity (Wildman–Crippen MR) is 82.7 cm³/mol. The zero-order chi connectivity index (χ0) is 14.7. The maximum atomic E-state index is 12.5. The molecule has 2 rings (SSSR count). The third kappa shape index (κ3) is 3.55. The van der Waals surface area contributed by atoms with Gasteiger partial charge < -0.3 is 9.64 Å². The number of nitrogens with zero attached hydrogens (tertiary/aromatic N) is 1. The number of halogens is 1. The fourth-order valence-electron chi connectivity index (χ4n) is 1.94. The van der Waals surface area contributed by atoms with Gasteiger partial charge in [0, 0.05) is 15.8 Å². The summed E-state index contributed by atoms with van der Waals surface area (Å²) >= 11 is 4.91. The average Bonchev–Trinajstić information content (AvgIpc) is 2.86. The van der Waals surface area contributed by atoms with Gasteiger partial charge in [0.05, 0.1) is 12.0 Å². The Kier molecular flexibility index (Phi) is 5.10. The fourth-order valence-corrected chi connectivity index (χ4v) is 3.47. The number of amides is 1. The first-order chi connectivity index (χ1) is 9.49. The largest absolute Gasteiger partial charge is 0.461 e. The van der Waals surface area contributed by atoms with Crippen molar-refractivity contribution in [1.29, 1.82) is 0 Å². The monoisotopic (exact) mass is 357 g/mol. The quantitative estimate of drug-likeness (QED) is 0.780. The van der Waals surface area contributed by atoms with Crippen molar-refractivity contribution in [2.75, 3.05) is 11.6 Å². The van der Waals surface area contributed by atoms with Gasteiger partial charge >= 0.3 is 5.97 Å². The van der Waals surface area contributed by atoms with Gasteiger partial charge in [0.25, 0.3) is 5.91 Å². The number of benzene rings is 1. The van der Waals surface area contributed by atoms with Crippen LogP contribution in [0.2, 0.25) is 0 Å². The van der Waals surface area contributed by atoms with E-state index in [9.17, 15) is 9.59 Å². The number of carbonyl (C=O) groups is 2. The lowest BCUT2D eigenvalue weighted by molar-refractivity contribution is -0.151. The van der Waals surface area contributed by atoms with Crippen molar-refractivity contribution in [2.45, 2.75) is 26.0 Å². The molecule has 1 fully saturated rings. The van der Waals surface area contributed by atoms with Crippen molar-refractivity contribution < 1.29 is 14.3 Å². The zero-order valence-corrected chi connectivity index (χ0v) is 13.7. The third-order valence-corrected chi connectivity index (χ3v) is 4.34. The third-order valence-electron chi connectivity index (χ3n) is 2.84. The van der Waals surface area contributed by atoms with Crippen LogP contribution in [-0.4, -0.2) is 40.6 Å². The van der Waals surface area contributed by atoms with E-state index < -0.39 is 6.04 Å². The number of hydrogen-bond acceptors (Lipinski definition) is 4. The van der Waals surface area contributed by atoms with Crippen LogP contribution in [-0.2, 0) is 9.53 Å². The maximum absolute atomic E-state index is 12.5. The summed E-state index contributed by atoms with van der Waals surface area (Å²) in [6.07, 6.45) is -0.170. The highest BCUT2D eigenvalue weighted by molar-refractivity contribution is 9.10. The second-order valence-electron chi connectivity index (χ2n) is 4.79. The van der Waals surface area contributed by atoms with Gasteiger partial charge in [0.2, 0.25) is 0 Å². The van der Waals surface area contributed by atoms with Crippen LogP contribution in [0.1, 0.15) is 24.2 Å². The summed E-state index contributed by atoms with van der Waals surface area (Å²) in [4.78, 5) is 26.1. The van der Waals surface area contributed by atoms with E-state index in [1.54, 1.807) is 42.6 Å². The van der Waals surface area contributed by atoms with Crippen molar-refractivity contribution in [3.05, 3.63) is 34.3 Å². The van der Waals surface area contributed by atoms with Gasteiger partial charge in [-0.2, -0.15) is 0 Å². The highest BCUT2D eigenvalue weighted by Crippen LogP contribution is 2.25. The van der Waals surface area contributed by atoms with Crippen LogP contribution in [0.15, 0.2) is 28.7 Å². The Hall–Kier alpha value is -1.01. The molecule has 1 amide bonds. The minimum absolute atomic E-state index is 0.137. The van der Waals surface area contributed by atoms with Crippen molar-refractivity contribution in [2.24, 2.45) is 0 Å². The summed E-state index contributed by atoms with van der Waals surface area (Å²) in [6.45, 7) is 3.61. The van der Waals surface area contributed by atoms with E-state index in [0.717, 1.165) is 4.47 Å². The van der Waals surface area contributed by atoms with Gasteiger partial charge in [-0.1, -0.05) is 22.0 Å². The van der Waals surface area contributed by atoms with E-state index >= 15 is 0 Å². The molecule has 1 saturated heterocycles. The molecule has 0 N–H and O–H groups in total. The molecule has 1 aliphatic heterocycles. The zero-order valence-electron chi connectivity index (χ0n) is 11.3. The second kappa shape index (κ2) is 6.63. The molecular weight excluding hydrogens is 342 g/mol. The number of carbonyl (C=O) groups excluding carboxylic acids is 2. The number of esters is 1. The molecule has 4 nitrogen and oxygen atoms in total. The van der Waals surface area contributed by atoms with Crippen molar-refractivity contribution in [3.8, 4) is 0 Å². The lowest BCUT2D eigenvalue weighted by atomic mass is 10.2. The van der Waals surface area contributed by atoms with Crippen LogP contribution in [0.5, 0.6) is 0 Å². The number of hydrogen-bond donors (Lipinski definition) is 0. The first kappa shape index (κ1) is 15.4. The molecule has 1 unspecified atom stereocenters. The standard InChI is InChI=1S/C14H16BrNO3S/c1-9(2)19-14(18)12-7-20-8-16(12)13(17)10-4-3-5-11(15)6-10/h3-6,9,12H,7-8H2,1-2H3. The summed E-state index contributed by atoms with van der Waals surface area (Å²) in [5.74, 6) is 0.643. The van der Waals surface area contributed by atoms with Crippen LogP contribution < -0.4 is 0 Å². The summed E-state index contributed by atoms with van der Waals surface area (Å²) < 4.78 is 6.06. The average molecular weight is 358 g/mol. The Morgan fingerprint density at radius 1 is 1.45 bits per heavy atom. The molecule has 6 heteroatoms. The lowest BCUT2D eigenvalue weighted by Gasteiger charge is -2.23. The highest BCUT2D eigenvalue weighted by atomic mass is 79.9. The van der Waals surface area contributed by atoms with Gasteiger partial charge in [-0.25, -0.2) is 4.79 Å². The Morgan fingerprint density at radius 3 is 2.85 bits per heavy atom. The van der Waals surface area contributed by atoms with Crippen LogP contribution in [0.4, 0.5) is 0 Å². The SMILES string of the molecule is CC(C)OC(=O)C1CSCN1C(=O)c1cccc(Br)c1. The topological polar surface area (TPSA) is 46.6 Å². The van der Waals surface area contributed by atoms with E-state index in [-0.39, 0.29) is 18.0 Å². The summed E-state index contributed by atoms with van der Waals surface area (Å²) in [6, 6.07) is 6.69. The summed E-state index contributed by atoms with van der Waals surface area (Å²) in [5, 5.41) is 0. The van der Waals surface area contributed by atoms with Gasteiger partial charge in [-0.05, 0) is 32.0 Å². The van der Waals surface area contributed by atoms with Crippen LogP contribution in [0, 0.1) is 0 Å². The molecule has 1 heterocycles. The molecule has 0 radical (unpaired) electrons. The molecule has 1 aromatic carbocycles. The highest BCUT2D eigenvalue weighted by Gasteiger charge is 2.36. The van der Waals surface area contributed by atoms with Gasteiger partial charge in [0.1, 0.15) is 6.04 Å². The summed E-state index contributed by atoms with van der Waals surface area (Å²) in [7, 11) is 0. The van der Waals surface area contributed by atoms with Gasteiger partial charge in [0.15, 0.2) is 0 Å². The van der Waals surface area contributed by atoms with E-state index in [0.29, 0.717) is 17.2 Å². The van der Waals surface area contributed by atoms with E-state index in [1.807, 2.05) is 12.1 Å². The molecule has 20 heavy (non-hydrogen) atoms. The molecule has 0 aromatic heterocycles. The van der Waals surface area contributed by atoms with E-state index in [1.165, 1.54) is 0 Å².